The molecule has 7 heteroatoms. The molecule has 3 aromatic rings. The minimum atomic E-state index is -0.429. The van der Waals surface area contributed by atoms with Gasteiger partial charge < -0.3 is 10.2 Å². The Hall–Kier alpha value is -2.86. The predicted octanol–water partition coefficient (Wildman–Crippen LogP) is 6.06. The number of anilines is 1. The van der Waals surface area contributed by atoms with E-state index in [0.717, 1.165) is 16.8 Å². The van der Waals surface area contributed by atoms with E-state index in [4.69, 9.17) is 11.6 Å². The first-order chi connectivity index (χ1) is 15.0. The van der Waals surface area contributed by atoms with Crippen molar-refractivity contribution in [2.45, 2.75) is 52.5 Å². The first-order valence-corrected chi connectivity index (χ1v) is 11.2. The summed E-state index contributed by atoms with van der Waals surface area (Å²) in [7, 11) is 3.38. The van der Waals surface area contributed by atoms with Gasteiger partial charge in [0.1, 0.15) is 5.82 Å². The number of rotatable bonds is 5. The fraction of sp³-hybridized carbons (Fsp3) is 0.400. The topological polar surface area (TPSA) is 67.2 Å². The van der Waals surface area contributed by atoms with Crippen molar-refractivity contribution in [2.24, 2.45) is 7.05 Å². The third-order valence-electron chi connectivity index (χ3n) is 5.95. The van der Waals surface area contributed by atoms with Gasteiger partial charge in [0, 0.05) is 24.8 Å². The highest BCUT2D eigenvalue weighted by Gasteiger charge is 2.24. The SMILES string of the molecule is CC(C)c1cccc(C(C)C)c1NC(=O)N(C)C(C)c1nc2ccc(Cl)cc2c(=O)n1C. The maximum atomic E-state index is 13.3. The fourth-order valence-corrected chi connectivity index (χ4v) is 4.05. The van der Waals surface area contributed by atoms with Crippen LogP contribution in [0.3, 0.4) is 0 Å². The number of halogens is 1. The third kappa shape index (κ3) is 4.51. The van der Waals surface area contributed by atoms with Crippen LogP contribution in [-0.4, -0.2) is 27.5 Å². The van der Waals surface area contributed by atoms with Crippen molar-refractivity contribution in [3.63, 3.8) is 0 Å². The molecule has 0 spiro atoms. The highest BCUT2D eigenvalue weighted by Crippen LogP contribution is 2.33. The van der Waals surface area contributed by atoms with E-state index < -0.39 is 6.04 Å². The van der Waals surface area contributed by atoms with Gasteiger partial charge in [-0.25, -0.2) is 9.78 Å². The van der Waals surface area contributed by atoms with E-state index in [-0.39, 0.29) is 23.4 Å². The van der Waals surface area contributed by atoms with Crippen LogP contribution in [0.2, 0.25) is 5.02 Å². The van der Waals surface area contributed by atoms with Gasteiger partial charge in [-0.1, -0.05) is 57.5 Å². The maximum Gasteiger partial charge on any atom is 0.322 e. The lowest BCUT2D eigenvalue weighted by atomic mass is 9.93. The summed E-state index contributed by atoms with van der Waals surface area (Å²) in [5.41, 5.74) is 3.41. The van der Waals surface area contributed by atoms with Crippen LogP contribution in [0.1, 0.15) is 69.4 Å². The van der Waals surface area contributed by atoms with Crippen LogP contribution in [0.4, 0.5) is 10.5 Å². The second-order valence-electron chi connectivity index (χ2n) is 8.83. The van der Waals surface area contributed by atoms with Crippen molar-refractivity contribution in [1.82, 2.24) is 14.5 Å². The summed E-state index contributed by atoms with van der Waals surface area (Å²) in [6.45, 7) is 10.3. The minimum absolute atomic E-state index is 0.194. The first kappa shape index (κ1) is 23.8. The molecule has 1 N–H and O–H groups in total. The summed E-state index contributed by atoms with van der Waals surface area (Å²) >= 11 is 6.05. The minimum Gasteiger partial charge on any atom is -0.318 e. The third-order valence-corrected chi connectivity index (χ3v) is 6.19. The predicted molar refractivity (Wildman–Crippen MR) is 132 cm³/mol. The molecule has 32 heavy (non-hydrogen) atoms. The molecule has 6 nitrogen and oxygen atoms in total. The molecule has 3 rings (SSSR count). The lowest BCUT2D eigenvalue weighted by Gasteiger charge is -2.28. The summed E-state index contributed by atoms with van der Waals surface area (Å²) in [6.07, 6.45) is 0. The molecule has 0 radical (unpaired) electrons. The molecule has 1 atom stereocenters. The quantitative estimate of drug-likeness (QED) is 0.509. The van der Waals surface area contributed by atoms with Crippen LogP contribution < -0.4 is 10.9 Å². The van der Waals surface area contributed by atoms with Crippen molar-refractivity contribution in [3.8, 4) is 0 Å². The molecule has 0 aliphatic carbocycles. The van der Waals surface area contributed by atoms with Crippen molar-refractivity contribution < 1.29 is 4.79 Å². The smallest absolute Gasteiger partial charge is 0.318 e. The van der Waals surface area contributed by atoms with Crippen LogP contribution in [-0.2, 0) is 7.05 Å². The van der Waals surface area contributed by atoms with Crippen LogP contribution in [0.25, 0.3) is 10.9 Å². The van der Waals surface area contributed by atoms with Crippen molar-refractivity contribution >= 4 is 34.2 Å². The molecule has 0 aliphatic heterocycles. The van der Waals surface area contributed by atoms with Gasteiger partial charge in [-0.05, 0) is 48.1 Å². The number of nitrogens with zero attached hydrogens (tertiary/aromatic N) is 3. The van der Waals surface area contributed by atoms with E-state index in [2.05, 4.69) is 50.1 Å². The number of aromatic nitrogens is 2. The van der Waals surface area contributed by atoms with E-state index >= 15 is 0 Å². The normalized spacial score (nSPS) is 12.4. The van der Waals surface area contributed by atoms with Gasteiger partial charge in [-0.15, -0.1) is 0 Å². The number of para-hydroxylation sites is 1. The number of hydrogen-bond donors (Lipinski definition) is 1. The molecule has 0 saturated heterocycles. The zero-order chi connectivity index (χ0) is 23.7. The number of carbonyl (C=O) groups is 1. The van der Waals surface area contributed by atoms with Gasteiger partial charge >= 0.3 is 6.03 Å². The van der Waals surface area contributed by atoms with Gasteiger partial charge in [0.05, 0.1) is 16.9 Å². The summed E-state index contributed by atoms with van der Waals surface area (Å²) in [5.74, 6) is 1.03. The monoisotopic (exact) mass is 454 g/mol. The molecule has 0 saturated carbocycles. The molecule has 0 aliphatic rings. The van der Waals surface area contributed by atoms with E-state index in [9.17, 15) is 9.59 Å². The Morgan fingerprint density at radius 2 is 1.66 bits per heavy atom. The number of fused-ring (bicyclic) bond motifs is 1. The van der Waals surface area contributed by atoms with Gasteiger partial charge in [-0.3, -0.25) is 9.36 Å². The van der Waals surface area contributed by atoms with Gasteiger partial charge in [-0.2, -0.15) is 0 Å². The number of hydrogen-bond acceptors (Lipinski definition) is 3. The zero-order valence-electron chi connectivity index (χ0n) is 19.7. The molecule has 1 unspecified atom stereocenters. The van der Waals surface area contributed by atoms with E-state index in [1.165, 1.54) is 4.57 Å². The number of nitrogens with one attached hydrogen (secondary N) is 1. The Balaban J connectivity index is 1.96. The standard InChI is InChI=1S/C25H31ClN4O2/c1-14(2)18-9-8-10-19(15(3)4)22(18)28-25(32)29(6)16(5)23-27-21-12-11-17(26)13-20(21)24(31)30(23)7/h8-16H,1-7H3,(H,28,32). The number of amides is 2. The average Bonchev–Trinajstić information content (AvgIpc) is 2.75. The Labute approximate surface area is 194 Å². The second-order valence-corrected chi connectivity index (χ2v) is 9.27. The summed E-state index contributed by atoms with van der Waals surface area (Å²) < 4.78 is 1.48. The molecule has 2 amide bonds. The zero-order valence-corrected chi connectivity index (χ0v) is 20.5. The molecule has 2 aromatic carbocycles. The molecule has 1 heterocycles. The molecule has 170 valence electrons. The lowest BCUT2D eigenvalue weighted by Crippen LogP contribution is -2.37. The largest absolute Gasteiger partial charge is 0.322 e. The highest BCUT2D eigenvalue weighted by atomic mass is 35.5. The Morgan fingerprint density at radius 1 is 1.06 bits per heavy atom. The Bertz CT molecular complexity index is 1190. The molecule has 0 fully saturated rings. The second kappa shape index (κ2) is 9.33. The van der Waals surface area contributed by atoms with Crippen LogP contribution in [0.15, 0.2) is 41.2 Å². The van der Waals surface area contributed by atoms with Gasteiger partial charge in [0.2, 0.25) is 0 Å². The van der Waals surface area contributed by atoms with Crippen molar-refractivity contribution in [2.75, 3.05) is 12.4 Å². The maximum absolute atomic E-state index is 13.3. The van der Waals surface area contributed by atoms with Crippen molar-refractivity contribution in [3.05, 3.63) is 68.7 Å². The number of urea groups is 1. The molecule has 0 bridgehead atoms. The average molecular weight is 455 g/mol. The summed E-state index contributed by atoms with van der Waals surface area (Å²) in [4.78, 5) is 32.4. The van der Waals surface area contributed by atoms with E-state index in [1.54, 1.807) is 37.2 Å². The van der Waals surface area contributed by atoms with Gasteiger partial charge in [0.15, 0.2) is 0 Å². The van der Waals surface area contributed by atoms with Crippen LogP contribution in [0, 0.1) is 0 Å². The fourth-order valence-electron chi connectivity index (χ4n) is 3.87. The van der Waals surface area contributed by atoms with Gasteiger partial charge in [0.25, 0.3) is 5.56 Å². The molecular formula is C25H31ClN4O2. The number of benzene rings is 2. The van der Waals surface area contributed by atoms with Crippen LogP contribution >= 0.6 is 11.6 Å². The summed E-state index contributed by atoms with van der Waals surface area (Å²) in [6, 6.07) is 10.5. The lowest BCUT2D eigenvalue weighted by molar-refractivity contribution is 0.205. The van der Waals surface area contributed by atoms with E-state index in [1.807, 2.05) is 13.0 Å². The molecular weight excluding hydrogens is 424 g/mol. The van der Waals surface area contributed by atoms with Crippen LogP contribution in [0.5, 0.6) is 0 Å². The first-order valence-electron chi connectivity index (χ1n) is 10.9. The summed E-state index contributed by atoms with van der Waals surface area (Å²) in [5, 5.41) is 4.06. The number of carbonyl (C=O) groups excluding carboxylic acids is 1. The Morgan fingerprint density at radius 3 is 2.22 bits per heavy atom. The highest BCUT2D eigenvalue weighted by molar-refractivity contribution is 6.31. The van der Waals surface area contributed by atoms with Crippen molar-refractivity contribution in [1.29, 1.82) is 0 Å². The Kier molecular flexibility index (Phi) is 6.94. The molecule has 1 aromatic heterocycles. The van der Waals surface area contributed by atoms with E-state index in [0.29, 0.717) is 21.7 Å².